The largest absolute Gasteiger partial charge is 0.478 e. The molecule has 0 saturated carbocycles. The summed E-state index contributed by atoms with van der Waals surface area (Å²) >= 11 is 0. The van der Waals surface area contributed by atoms with E-state index in [2.05, 4.69) is 4.98 Å². The molecule has 20 heavy (non-hydrogen) atoms. The lowest BCUT2D eigenvalue weighted by Gasteiger charge is -2.13. The van der Waals surface area contributed by atoms with Crippen molar-refractivity contribution in [3.63, 3.8) is 0 Å². The van der Waals surface area contributed by atoms with Crippen LogP contribution in [-0.4, -0.2) is 35.4 Å². The minimum Gasteiger partial charge on any atom is -0.478 e. The number of carboxylic acids is 1. The van der Waals surface area contributed by atoms with Gasteiger partial charge in [0.05, 0.1) is 11.7 Å². The molecule has 5 heteroatoms. The number of aromatic carboxylic acids is 1. The van der Waals surface area contributed by atoms with Crippen molar-refractivity contribution in [2.45, 2.75) is 18.9 Å². The van der Waals surface area contributed by atoms with Gasteiger partial charge in [-0.05, 0) is 18.9 Å². The highest BCUT2D eigenvalue weighted by Gasteiger charge is 2.18. The van der Waals surface area contributed by atoms with E-state index in [0.717, 1.165) is 19.4 Å². The summed E-state index contributed by atoms with van der Waals surface area (Å²) in [6, 6.07) is 7.23. The van der Waals surface area contributed by atoms with E-state index in [1.807, 2.05) is 12.1 Å². The maximum atomic E-state index is 11.2. The molecule has 1 fully saturated rings. The molecule has 0 aliphatic carbocycles. The average molecular weight is 273 g/mol. The Morgan fingerprint density at radius 1 is 1.40 bits per heavy atom. The van der Waals surface area contributed by atoms with Gasteiger partial charge in [0.15, 0.2) is 0 Å². The van der Waals surface area contributed by atoms with Crippen LogP contribution in [0.5, 0.6) is 5.88 Å². The Labute approximate surface area is 116 Å². The number of fused-ring (bicyclic) bond motifs is 1. The molecule has 1 atom stereocenters. The molecule has 2 heterocycles. The third kappa shape index (κ3) is 2.44. The lowest BCUT2D eigenvalue weighted by molar-refractivity contribution is 0.0666. The van der Waals surface area contributed by atoms with Crippen LogP contribution in [0, 0.1) is 0 Å². The number of carboxylic acid groups (broad SMARTS) is 1. The van der Waals surface area contributed by atoms with Gasteiger partial charge in [-0.2, -0.15) is 0 Å². The number of hydrogen-bond acceptors (Lipinski definition) is 4. The first kappa shape index (κ1) is 12.9. The third-order valence-corrected chi connectivity index (χ3v) is 3.42. The lowest BCUT2D eigenvalue weighted by Crippen LogP contribution is -2.17. The van der Waals surface area contributed by atoms with Gasteiger partial charge < -0.3 is 14.6 Å². The van der Waals surface area contributed by atoms with E-state index in [1.54, 1.807) is 12.1 Å². The van der Waals surface area contributed by atoms with Crippen molar-refractivity contribution < 1.29 is 19.4 Å². The predicted octanol–water partition coefficient (Wildman–Crippen LogP) is 2.49. The highest BCUT2D eigenvalue weighted by Crippen LogP contribution is 2.26. The Morgan fingerprint density at radius 2 is 2.20 bits per heavy atom. The van der Waals surface area contributed by atoms with E-state index in [4.69, 9.17) is 9.47 Å². The van der Waals surface area contributed by atoms with Gasteiger partial charge in [0.1, 0.15) is 6.61 Å². The van der Waals surface area contributed by atoms with Crippen molar-refractivity contribution in [1.29, 1.82) is 0 Å². The van der Waals surface area contributed by atoms with E-state index in [9.17, 15) is 9.90 Å². The summed E-state index contributed by atoms with van der Waals surface area (Å²) in [5.74, 6) is -0.527. The summed E-state index contributed by atoms with van der Waals surface area (Å²) in [5.41, 5.74) is 0.185. The molecule has 3 rings (SSSR count). The summed E-state index contributed by atoms with van der Waals surface area (Å²) < 4.78 is 11.2. The van der Waals surface area contributed by atoms with Crippen molar-refractivity contribution in [2.24, 2.45) is 0 Å². The number of benzene rings is 1. The van der Waals surface area contributed by atoms with Gasteiger partial charge >= 0.3 is 5.97 Å². The Bertz CT molecular complexity index is 635. The normalized spacial score (nSPS) is 18.3. The monoisotopic (exact) mass is 273 g/mol. The number of aromatic nitrogens is 1. The fraction of sp³-hybridized carbons (Fsp3) is 0.333. The minimum atomic E-state index is -0.987. The molecule has 1 aliphatic rings. The lowest BCUT2D eigenvalue weighted by atomic mass is 10.1. The molecule has 1 unspecified atom stereocenters. The molecule has 0 amide bonds. The van der Waals surface area contributed by atoms with Gasteiger partial charge in [-0.25, -0.2) is 9.78 Å². The summed E-state index contributed by atoms with van der Waals surface area (Å²) in [7, 11) is 0. The fourth-order valence-electron chi connectivity index (χ4n) is 2.40. The summed E-state index contributed by atoms with van der Waals surface area (Å²) in [6.07, 6.45) is 3.50. The molecule has 104 valence electrons. The SMILES string of the molecule is O=C(O)c1cnc(OCC2CCCO2)c2ccccc12. The summed E-state index contributed by atoms with van der Waals surface area (Å²) in [5, 5.41) is 10.5. The number of nitrogens with zero attached hydrogens (tertiary/aromatic N) is 1. The smallest absolute Gasteiger partial charge is 0.337 e. The molecule has 1 aromatic heterocycles. The van der Waals surface area contributed by atoms with Gasteiger partial charge in [0.2, 0.25) is 5.88 Å². The van der Waals surface area contributed by atoms with Crippen LogP contribution in [0.3, 0.4) is 0 Å². The van der Waals surface area contributed by atoms with Gasteiger partial charge in [-0.3, -0.25) is 0 Å². The number of rotatable bonds is 4. The molecule has 1 saturated heterocycles. The van der Waals surface area contributed by atoms with E-state index < -0.39 is 5.97 Å². The Morgan fingerprint density at radius 3 is 2.90 bits per heavy atom. The molecule has 0 radical (unpaired) electrons. The number of hydrogen-bond donors (Lipinski definition) is 1. The first-order valence-corrected chi connectivity index (χ1v) is 6.61. The Kier molecular flexibility index (Phi) is 3.52. The van der Waals surface area contributed by atoms with Gasteiger partial charge in [-0.15, -0.1) is 0 Å². The van der Waals surface area contributed by atoms with Crippen LogP contribution in [0.15, 0.2) is 30.5 Å². The van der Waals surface area contributed by atoms with E-state index in [-0.39, 0.29) is 11.7 Å². The van der Waals surface area contributed by atoms with Crippen LogP contribution in [0.1, 0.15) is 23.2 Å². The zero-order valence-corrected chi connectivity index (χ0v) is 10.9. The number of carbonyl (C=O) groups is 1. The summed E-state index contributed by atoms with van der Waals surface area (Å²) in [4.78, 5) is 15.3. The Hall–Kier alpha value is -2.14. The summed E-state index contributed by atoms with van der Waals surface area (Å²) in [6.45, 7) is 1.23. The number of ether oxygens (including phenoxy) is 2. The third-order valence-electron chi connectivity index (χ3n) is 3.42. The number of pyridine rings is 1. The van der Waals surface area contributed by atoms with E-state index >= 15 is 0 Å². The predicted molar refractivity (Wildman–Crippen MR) is 73.2 cm³/mol. The van der Waals surface area contributed by atoms with Crippen LogP contribution in [-0.2, 0) is 4.74 Å². The molecule has 1 N–H and O–H groups in total. The quantitative estimate of drug-likeness (QED) is 0.926. The molecule has 1 aromatic carbocycles. The Balaban J connectivity index is 1.91. The van der Waals surface area contributed by atoms with E-state index in [0.29, 0.717) is 23.3 Å². The van der Waals surface area contributed by atoms with Crippen LogP contribution in [0.25, 0.3) is 10.8 Å². The van der Waals surface area contributed by atoms with Crippen LogP contribution in [0.2, 0.25) is 0 Å². The molecule has 0 bridgehead atoms. The van der Waals surface area contributed by atoms with Crippen molar-refractivity contribution in [3.8, 4) is 5.88 Å². The maximum absolute atomic E-state index is 11.2. The van der Waals surface area contributed by atoms with Crippen molar-refractivity contribution in [1.82, 2.24) is 4.98 Å². The van der Waals surface area contributed by atoms with Gasteiger partial charge in [0, 0.05) is 23.6 Å². The highest BCUT2D eigenvalue weighted by atomic mass is 16.5. The molecule has 5 nitrogen and oxygen atoms in total. The van der Waals surface area contributed by atoms with Gasteiger partial charge in [-0.1, -0.05) is 18.2 Å². The second-order valence-electron chi connectivity index (χ2n) is 4.77. The van der Waals surface area contributed by atoms with Gasteiger partial charge in [0.25, 0.3) is 0 Å². The molecular weight excluding hydrogens is 258 g/mol. The average Bonchev–Trinajstić information content (AvgIpc) is 2.97. The zero-order valence-electron chi connectivity index (χ0n) is 10.9. The molecular formula is C15H15NO4. The minimum absolute atomic E-state index is 0.106. The van der Waals surface area contributed by atoms with Crippen molar-refractivity contribution in [3.05, 3.63) is 36.0 Å². The first-order valence-electron chi connectivity index (χ1n) is 6.61. The van der Waals surface area contributed by atoms with Crippen molar-refractivity contribution >= 4 is 16.7 Å². The fourth-order valence-corrected chi connectivity index (χ4v) is 2.40. The van der Waals surface area contributed by atoms with E-state index in [1.165, 1.54) is 6.20 Å². The van der Waals surface area contributed by atoms with Crippen LogP contribution < -0.4 is 4.74 Å². The first-order chi connectivity index (χ1) is 9.75. The van der Waals surface area contributed by atoms with Crippen molar-refractivity contribution in [2.75, 3.05) is 13.2 Å². The molecule has 1 aliphatic heterocycles. The second-order valence-corrected chi connectivity index (χ2v) is 4.77. The molecule has 2 aromatic rings. The zero-order chi connectivity index (χ0) is 13.9. The highest BCUT2D eigenvalue weighted by molar-refractivity contribution is 6.04. The van der Waals surface area contributed by atoms with Crippen LogP contribution in [0.4, 0.5) is 0 Å². The topological polar surface area (TPSA) is 68.7 Å². The van der Waals surface area contributed by atoms with Crippen LogP contribution >= 0.6 is 0 Å². The standard InChI is InChI=1S/C15H15NO4/c17-15(18)13-8-16-14(12-6-2-1-5-11(12)13)20-9-10-4-3-7-19-10/h1-2,5-6,8,10H,3-4,7,9H2,(H,17,18). The second kappa shape index (κ2) is 5.46. The maximum Gasteiger partial charge on any atom is 0.337 e. The molecule has 0 spiro atoms.